The van der Waals surface area contributed by atoms with E-state index in [1.807, 2.05) is 39.0 Å². The summed E-state index contributed by atoms with van der Waals surface area (Å²) >= 11 is 3.40. The Morgan fingerprint density at radius 3 is 2.75 bits per heavy atom. The third-order valence-electron chi connectivity index (χ3n) is 2.96. The van der Waals surface area contributed by atoms with E-state index in [-0.39, 0.29) is 12.5 Å². The molecule has 1 aromatic carbocycles. The summed E-state index contributed by atoms with van der Waals surface area (Å²) in [6.45, 7) is 5.72. The van der Waals surface area contributed by atoms with Gasteiger partial charge in [-0.3, -0.25) is 9.89 Å². The van der Waals surface area contributed by atoms with Gasteiger partial charge in [-0.05, 0) is 54.4 Å². The van der Waals surface area contributed by atoms with E-state index in [1.165, 1.54) is 0 Å². The molecule has 0 unspecified atom stereocenters. The zero-order valence-electron chi connectivity index (χ0n) is 11.6. The second-order valence-electron chi connectivity index (χ2n) is 4.59. The molecule has 0 bridgehead atoms. The molecule has 0 aliphatic carbocycles. The Hall–Kier alpha value is -1.82. The van der Waals surface area contributed by atoms with Crippen LogP contribution in [0.15, 0.2) is 22.7 Å². The van der Waals surface area contributed by atoms with Crippen molar-refractivity contribution in [2.75, 3.05) is 11.9 Å². The quantitative estimate of drug-likeness (QED) is 0.900. The predicted octanol–water partition coefficient (Wildman–Crippen LogP) is 3.11. The minimum atomic E-state index is -0.243. The first-order valence-electron chi connectivity index (χ1n) is 6.17. The first-order valence-corrected chi connectivity index (χ1v) is 6.97. The molecule has 1 aromatic heterocycles. The van der Waals surface area contributed by atoms with Gasteiger partial charge in [0.15, 0.2) is 12.4 Å². The Balaban J connectivity index is 1.94. The molecule has 0 aliphatic rings. The van der Waals surface area contributed by atoms with Crippen molar-refractivity contribution in [2.45, 2.75) is 20.8 Å². The number of ether oxygens (including phenoxy) is 1. The van der Waals surface area contributed by atoms with Crippen LogP contribution in [0.1, 0.15) is 16.8 Å². The highest BCUT2D eigenvalue weighted by Gasteiger charge is 2.10. The number of aromatic amines is 1. The number of halogens is 1. The molecule has 20 heavy (non-hydrogen) atoms. The topological polar surface area (TPSA) is 67.0 Å². The molecule has 0 atom stereocenters. The summed E-state index contributed by atoms with van der Waals surface area (Å²) in [6, 6.07) is 5.70. The molecular formula is C14H16BrN3O2. The second-order valence-corrected chi connectivity index (χ2v) is 5.45. The van der Waals surface area contributed by atoms with Crippen LogP contribution in [0.5, 0.6) is 5.75 Å². The molecule has 0 radical (unpaired) electrons. The Morgan fingerprint density at radius 1 is 1.40 bits per heavy atom. The maximum Gasteiger partial charge on any atom is 0.263 e. The van der Waals surface area contributed by atoms with E-state index in [1.54, 1.807) is 0 Å². The van der Waals surface area contributed by atoms with Gasteiger partial charge >= 0.3 is 0 Å². The standard InChI is InChI=1S/C14H16BrN3O2/c1-8-4-5-12(11(15)6-8)20-7-13(19)16-14-9(2)10(3)17-18-14/h4-6H,7H2,1-3H3,(H2,16,17,18,19). The third-order valence-corrected chi connectivity index (χ3v) is 3.58. The number of H-pyrrole nitrogens is 1. The molecule has 0 aliphatic heterocycles. The van der Waals surface area contributed by atoms with Gasteiger partial charge in [-0.2, -0.15) is 5.10 Å². The van der Waals surface area contributed by atoms with Gasteiger partial charge in [0.25, 0.3) is 5.91 Å². The number of nitrogens with zero attached hydrogens (tertiary/aromatic N) is 1. The summed E-state index contributed by atoms with van der Waals surface area (Å²) in [5.41, 5.74) is 2.98. The normalized spacial score (nSPS) is 10.4. The van der Waals surface area contributed by atoms with Gasteiger partial charge in [-0.1, -0.05) is 6.07 Å². The summed E-state index contributed by atoms with van der Waals surface area (Å²) in [7, 11) is 0. The summed E-state index contributed by atoms with van der Waals surface area (Å²) in [6.07, 6.45) is 0. The van der Waals surface area contributed by atoms with Gasteiger partial charge < -0.3 is 10.1 Å². The average Bonchev–Trinajstić information content (AvgIpc) is 2.70. The fourth-order valence-corrected chi connectivity index (χ4v) is 2.25. The summed E-state index contributed by atoms with van der Waals surface area (Å²) in [5, 5.41) is 9.55. The molecule has 0 saturated heterocycles. The number of anilines is 1. The highest BCUT2D eigenvalue weighted by molar-refractivity contribution is 9.10. The molecule has 5 nitrogen and oxygen atoms in total. The van der Waals surface area contributed by atoms with E-state index < -0.39 is 0 Å². The Bertz CT molecular complexity index is 637. The van der Waals surface area contributed by atoms with Crippen LogP contribution < -0.4 is 10.1 Å². The zero-order chi connectivity index (χ0) is 14.7. The fraction of sp³-hybridized carbons (Fsp3) is 0.286. The lowest BCUT2D eigenvalue weighted by Gasteiger charge is -2.08. The number of nitrogens with one attached hydrogen (secondary N) is 2. The first kappa shape index (κ1) is 14.6. The fourth-order valence-electron chi connectivity index (χ4n) is 1.64. The van der Waals surface area contributed by atoms with Crippen LogP contribution in [0.3, 0.4) is 0 Å². The monoisotopic (exact) mass is 337 g/mol. The Morgan fingerprint density at radius 2 is 2.15 bits per heavy atom. The largest absolute Gasteiger partial charge is 0.483 e. The molecule has 1 heterocycles. The van der Waals surface area contributed by atoms with Crippen molar-refractivity contribution in [1.29, 1.82) is 0 Å². The minimum absolute atomic E-state index is 0.0625. The summed E-state index contributed by atoms with van der Waals surface area (Å²) in [4.78, 5) is 11.8. The first-order chi connectivity index (χ1) is 9.47. The summed E-state index contributed by atoms with van der Waals surface area (Å²) < 4.78 is 6.31. The van der Waals surface area contributed by atoms with Crippen molar-refractivity contribution in [3.05, 3.63) is 39.5 Å². The molecule has 2 rings (SSSR count). The molecule has 2 N–H and O–H groups in total. The number of carbonyl (C=O) groups is 1. The lowest BCUT2D eigenvalue weighted by Crippen LogP contribution is -2.21. The van der Waals surface area contributed by atoms with Crippen molar-refractivity contribution in [2.24, 2.45) is 0 Å². The van der Waals surface area contributed by atoms with Crippen molar-refractivity contribution in [3.63, 3.8) is 0 Å². The summed E-state index contributed by atoms with van der Waals surface area (Å²) in [5.74, 6) is 0.937. The van der Waals surface area contributed by atoms with Gasteiger partial charge in [0.1, 0.15) is 5.75 Å². The Labute approximate surface area is 125 Å². The minimum Gasteiger partial charge on any atom is -0.483 e. The molecule has 1 amide bonds. The van der Waals surface area contributed by atoms with Crippen LogP contribution in [0.2, 0.25) is 0 Å². The van der Waals surface area contributed by atoms with Crippen LogP contribution in [0.25, 0.3) is 0 Å². The van der Waals surface area contributed by atoms with Gasteiger partial charge in [-0.15, -0.1) is 0 Å². The number of hydrogen-bond donors (Lipinski definition) is 2. The van der Waals surface area contributed by atoms with E-state index >= 15 is 0 Å². The van der Waals surface area contributed by atoms with Gasteiger partial charge in [0.2, 0.25) is 0 Å². The maximum atomic E-state index is 11.8. The zero-order valence-corrected chi connectivity index (χ0v) is 13.2. The maximum absolute atomic E-state index is 11.8. The lowest BCUT2D eigenvalue weighted by molar-refractivity contribution is -0.118. The smallest absolute Gasteiger partial charge is 0.263 e. The number of aryl methyl sites for hydroxylation is 2. The number of rotatable bonds is 4. The van der Waals surface area contributed by atoms with E-state index in [0.29, 0.717) is 11.6 Å². The van der Waals surface area contributed by atoms with Crippen molar-refractivity contribution in [3.8, 4) is 5.75 Å². The van der Waals surface area contributed by atoms with Crippen LogP contribution in [-0.2, 0) is 4.79 Å². The molecule has 106 valence electrons. The van der Waals surface area contributed by atoms with Crippen LogP contribution >= 0.6 is 15.9 Å². The van der Waals surface area contributed by atoms with Crippen LogP contribution in [0.4, 0.5) is 5.82 Å². The number of aromatic nitrogens is 2. The highest BCUT2D eigenvalue weighted by Crippen LogP contribution is 2.25. The lowest BCUT2D eigenvalue weighted by atomic mass is 10.2. The van der Waals surface area contributed by atoms with Gasteiger partial charge in [-0.25, -0.2) is 0 Å². The SMILES string of the molecule is Cc1ccc(OCC(=O)Nc2n[nH]c(C)c2C)c(Br)c1. The van der Waals surface area contributed by atoms with Crippen molar-refractivity contribution >= 4 is 27.7 Å². The number of amides is 1. The van der Waals surface area contributed by atoms with E-state index in [9.17, 15) is 4.79 Å². The number of benzene rings is 1. The van der Waals surface area contributed by atoms with Crippen molar-refractivity contribution < 1.29 is 9.53 Å². The van der Waals surface area contributed by atoms with E-state index in [2.05, 4.69) is 31.4 Å². The van der Waals surface area contributed by atoms with E-state index in [4.69, 9.17) is 4.74 Å². The molecule has 2 aromatic rings. The Kier molecular flexibility index (Phi) is 4.44. The molecule has 6 heteroatoms. The third kappa shape index (κ3) is 3.39. The molecule has 0 fully saturated rings. The van der Waals surface area contributed by atoms with Gasteiger partial charge in [0, 0.05) is 11.3 Å². The van der Waals surface area contributed by atoms with Crippen LogP contribution in [0, 0.1) is 20.8 Å². The number of carbonyl (C=O) groups excluding carboxylic acids is 1. The van der Waals surface area contributed by atoms with Crippen LogP contribution in [-0.4, -0.2) is 22.7 Å². The molecule has 0 saturated carbocycles. The molecular weight excluding hydrogens is 322 g/mol. The average molecular weight is 338 g/mol. The van der Waals surface area contributed by atoms with Gasteiger partial charge in [0.05, 0.1) is 4.47 Å². The highest BCUT2D eigenvalue weighted by atomic mass is 79.9. The number of hydrogen-bond acceptors (Lipinski definition) is 3. The predicted molar refractivity (Wildman–Crippen MR) is 81.1 cm³/mol. The van der Waals surface area contributed by atoms with Crippen molar-refractivity contribution in [1.82, 2.24) is 10.2 Å². The van der Waals surface area contributed by atoms with E-state index in [0.717, 1.165) is 21.3 Å². The molecule has 0 spiro atoms. The second kappa shape index (κ2) is 6.09.